The summed E-state index contributed by atoms with van der Waals surface area (Å²) in [6, 6.07) is 12.3. The smallest absolute Gasteiger partial charge is 0.337 e. The van der Waals surface area contributed by atoms with Crippen molar-refractivity contribution in [1.82, 2.24) is 0 Å². The second-order valence-corrected chi connectivity index (χ2v) is 12.3. The van der Waals surface area contributed by atoms with Crippen LogP contribution in [0.2, 0.25) is 25.7 Å². The highest BCUT2D eigenvalue weighted by Gasteiger charge is 2.12. The van der Waals surface area contributed by atoms with Gasteiger partial charge in [-0.1, -0.05) is 37.8 Å². The third-order valence-electron chi connectivity index (χ3n) is 3.56. The van der Waals surface area contributed by atoms with Gasteiger partial charge in [0.05, 0.1) is 12.7 Å². The van der Waals surface area contributed by atoms with E-state index in [1.807, 2.05) is 24.3 Å². The Balaban J connectivity index is 2.06. The van der Waals surface area contributed by atoms with Crippen LogP contribution in [-0.2, 0) is 9.47 Å². The molecule has 2 rings (SSSR count). The van der Waals surface area contributed by atoms with E-state index < -0.39 is 8.07 Å². The van der Waals surface area contributed by atoms with Crippen LogP contribution in [0.3, 0.4) is 0 Å². The van der Waals surface area contributed by atoms with E-state index in [-0.39, 0.29) is 12.8 Å². The lowest BCUT2D eigenvalue weighted by molar-refractivity contribution is 0.0230. The summed E-state index contributed by atoms with van der Waals surface area (Å²) in [4.78, 5) is 11.7. The predicted octanol–water partition coefficient (Wildman–Crippen LogP) is 4.32. The molecule has 0 N–H and O–H groups in total. The molecular weight excluding hydrogens is 308 g/mol. The van der Waals surface area contributed by atoms with Crippen molar-refractivity contribution in [3.8, 4) is 5.75 Å². The zero-order chi connectivity index (χ0) is 16.9. The Kier molecular flexibility index (Phi) is 5.79. The third-order valence-corrected chi connectivity index (χ3v) is 5.26. The summed E-state index contributed by atoms with van der Waals surface area (Å²) in [6.45, 7) is 7.88. The van der Waals surface area contributed by atoms with Crippen molar-refractivity contribution in [2.45, 2.75) is 25.7 Å². The molecular formula is C18H24O4Si. The van der Waals surface area contributed by atoms with E-state index in [1.165, 1.54) is 7.11 Å². The minimum absolute atomic E-state index is 0.214. The number of hydrogen-bond acceptors (Lipinski definition) is 4. The molecule has 0 heterocycles. The molecule has 2 aromatic rings. The Hall–Kier alpha value is -1.85. The van der Waals surface area contributed by atoms with Gasteiger partial charge in [0.1, 0.15) is 5.75 Å². The molecule has 0 aliphatic carbocycles. The van der Waals surface area contributed by atoms with E-state index in [1.54, 1.807) is 12.1 Å². The molecule has 0 aliphatic heterocycles. The highest BCUT2D eigenvalue weighted by atomic mass is 28.3. The van der Waals surface area contributed by atoms with Gasteiger partial charge in [0.25, 0.3) is 0 Å². The molecule has 0 saturated carbocycles. The van der Waals surface area contributed by atoms with E-state index >= 15 is 0 Å². The van der Waals surface area contributed by atoms with Gasteiger partial charge in [0.2, 0.25) is 0 Å². The summed E-state index contributed by atoms with van der Waals surface area (Å²) in [5.41, 5.74) is 0.510. The van der Waals surface area contributed by atoms with Crippen LogP contribution in [0, 0.1) is 0 Å². The quantitative estimate of drug-likeness (QED) is 0.328. The minimum Gasteiger partial charge on any atom is -0.467 e. The van der Waals surface area contributed by atoms with Gasteiger partial charge in [-0.2, -0.15) is 0 Å². The van der Waals surface area contributed by atoms with Crippen molar-refractivity contribution in [3.05, 3.63) is 42.0 Å². The predicted molar refractivity (Wildman–Crippen MR) is 94.9 cm³/mol. The minimum atomic E-state index is -1.09. The van der Waals surface area contributed by atoms with E-state index in [4.69, 9.17) is 14.2 Å². The molecule has 5 heteroatoms. The maximum atomic E-state index is 11.7. The molecule has 4 nitrogen and oxygen atoms in total. The number of methoxy groups -OCH3 is 1. The molecule has 0 bridgehead atoms. The molecule has 0 unspecified atom stereocenters. The number of carbonyl (C=O) groups excluding carboxylic acids is 1. The van der Waals surface area contributed by atoms with Crippen LogP contribution in [0.4, 0.5) is 0 Å². The van der Waals surface area contributed by atoms with Gasteiger partial charge in [-0.15, -0.1) is 0 Å². The number of esters is 1. The Morgan fingerprint density at radius 1 is 1.13 bits per heavy atom. The van der Waals surface area contributed by atoms with Crippen LogP contribution in [0.1, 0.15) is 10.4 Å². The first-order chi connectivity index (χ1) is 10.9. The van der Waals surface area contributed by atoms with Gasteiger partial charge in [-0.05, 0) is 29.6 Å². The summed E-state index contributed by atoms with van der Waals surface area (Å²) >= 11 is 0. The number of fused-ring (bicyclic) bond motifs is 1. The number of carbonyl (C=O) groups is 1. The first-order valence-electron chi connectivity index (χ1n) is 7.72. The van der Waals surface area contributed by atoms with Gasteiger partial charge >= 0.3 is 5.97 Å². The second kappa shape index (κ2) is 7.61. The Labute approximate surface area is 138 Å². The van der Waals surface area contributed by atoms with Gasteiger partial charge in [0, 0.05) is 20.1 Å². The highest BCUT2D eigenvalue weighted by Crippen LogP contribution is 2.27. The SMILES string of the molecule is COC(=O)c1ccc2cccc(OCOCC[Si](C)(C)C)c2c1. The van der Waals surface area contributed by atoms with Crippen molar-refractivity contribution in [2.75, 3.05) is 20.5 Å². The molecule has 0 atom stereocenters. The van der Waals surface area contributed by atoms with Crippen LogP contribution in [-0.4, -0.2) is 34.6 Å². The lowest BCUT2D eigenvalue weighted by Gasteiger charge is -2.16. The van der Waals surface area contributed by atoms with E-state index in [9.17, 15) is 4.79 Å². The molecule has 0 saturated heterocycles. The Bertz CT molecular complexity index is 676. The molecule has 2 aromatic carbocycles. The summed E-state index contributed by atoms with van der Waals surface area (Å²) < 4.78 is 16.1. The summed E-state index contributed by atoms with van der Waals surface area (Å²) in [5.74, 6) is 0.356. The molecule has 124 valence electrons. The van der Waals surface area contributed by atoms with Crippen molar-refractivity contribution < 1.29 is 19.0 Å². The van der Waals surface area contributed by atoms with Gasteiger partial charge in [-0.3, -0.25) is 0 Å². The van der Waals surface area contributed by atoms with Crippen LogP contribution in [0.25, 0.3) is 10.8 Å². The monoisotopic (exact) mass is 332 g/mol. The lowest BCUT2D eigenvalue weighted by atomic mass is 10.1. The van der Waals surface area contributed by atoms with E-state index in [0.29, 0.717) is 17.9 Å². The first kappa shape index (κ1) is 17.5. The third kappa shape index (κ3) is 5.08. The molecule has 0 fully saturated rings. The molecule has 0 aromatic heterocycles. The standard InChI is InChI=1S/C18H24O4Si/c1-20-18(19)15-9-8-14-6-5-7-17(16(14)12-15)22-13-21-10-11-23(2,3)4/h5-9,12H,10-11,13H2,1-4H3. The maximum absolute atomic E-state index is 11.7. The number of rotatable bonds is 7. The van der Waals surface area contributed by atoms with Crippen molar-refractivity contribution in [3.63, 3.8) is 0 Å². The first-order valence-corrected chi connectivity index (χ1v) is 11.4. The highest BCUT2D eigenvalue weighted by molar-refractivity contribution is 6.76. The average molecular weight is 332 g/mol. The summed E-state index contributed by atoms with van der Waals surface area (Å²) in [7, 11) is 0.290. The number of ether oxygens (including phenoxy) is 3. The van der Waals surface area contributed by atoms with Crippen LogP contribution >= 0.6 is 0 Å². The fraction of sp³-hybridized carbons (Fsp3) is 0.389. The summed E-state index contributed by atoms with van der Waals surface area (Å²) in [6.07, 6.45) is 0. The van der Waals surface area contributed by atoms with Crippen molar-refractivity contribution in [2.24, 2.45) is 0 Å². The Morgan fingerprint density at radius 3 is 2.61 bits per heavy atom. The summed E-state index contributed by atoms with van der Waals surface area (Å²) in [5, 5.41) is 1.89. The largest absolute Gasteiger partial charge is 0.467 e. The van der Waals surface area contributed by atoms with Crippen LogP contribution in [0.15, 0.2) is 36.4 Å². The second-order valence-electron chi connectivity index (χ2n) is 6.66. The fourth-order valence-electron chi connectivity index (χ4n) is 2.16. The van der Waals surface area contributed by atoms with Gasteiger partial charge in [-0.25, -0.2) is 4.79 Å². The molecule has 0 spiro atoms. The zero-order valence-electron chi connectivity index (χ0n) is 14.2. The number of benzene rings is 2. The molecule has 23 heavy (non-hydrogen) atoms. The lowest BCUT2D eigenvalue weighted by Crippen LogP contribution is -2.22. The Morgan fingerprint density at radius 2 is 1.91 bits per heavy atom. The van der Waals surface area contributed by atoms with Crippen LogP contribution < -0.4 is 4.74 Å². The zero-order valence-corrected chi connectivity index (χ0v) is 15.2. The van der Waals surface area contributed by atoms with E-state index in [0.717, 1.165) is 16.8 Å². The average Bonchev–Trinajstić information content (AvgIpc) is 2.52. The van der Waals surface area contributed by atoms with E-state index in [2.05, 4.69) is 19.6 Å². The fourth-order valence-corrected chi connectivity index (χ4v) is 2.91. The van der Waals surface area contributed by atoms with Crippen LogP contribution in [0.5, 0.6) is 5.75 Å². The maximum Gasteiger partial charge on any atom is 0.337 e. The topological polar surface area (TPSA) is 44.8 Å². The van der Waals surface area contributed by atoms with Crippen molar-refractivity contribution in [1.29, 1.82) is 0 Å². The number of hydrogen-bond donors (Lipinski definition) is 0. The molecule has 0 aliphatic rings. The molecule has 0 radical (unpaired) electrons. The molecule has 0 amide bonds. The van der Waals surface area contributed by atoms with Crippen molar-refractivity contribution >= 4 is 24.8 Å². The normalized spacial score (nSPS) is 11.5. The van der Waals surface area contributed by atoms with Gasteiger partial charge < -0.3 is 14.2 Å². The van der Waals surface area contributed by atoms with Gasteiger partial charge in [0.15, 0.2) is 6.79 Å².